The van der Waals surface area contributed by atoms with Gasteiger partial charge in [-0.25, -0.2) is 10.2 Å². The lowest BCUT2D eigenvalue weighted by atomic mass is 10.1. The minimum absolute atomic E-state index is 0.116. The van der Waals surface area contributed by atoms with Crippen molar-refractivity contribution in [2.45, 2.75) is 6.92 Å². The molecule has 8 heteroatoms. The molecule has 1 amide bonds. The van der Waals surface area contributed by atoms with Crippen molar-refractivity contribution in [2.75, 3.05) is 0 Å². The summed E-state index contributed by atoms with van der Waals surface area (Å²) in [6.45, 7) is 1.58. The number of amides is 1. The molecule has 2 aromatic carbocycles. The highest BCUT2D eigenvalue weighted by Gasteiger charge is 2.14. The van der Waals surface area contributed by atoms with E-state index in [0.717, 1.165) is 0 Å². The zero-order valence-corrected chi connectivity index (χ0v) is 12.6. The Bertz CT molecular complexity index is 828. The number of rotatable bonds is 5. The monoisotopic (exact) mass is 327 g/mol. The molecule has 0 unspecified atom stereocenters. The van der Waals surface area contributed by atoms with Gasteiger partial charge < -0.3 is 5.11 Å². The Balaban J connectivity index is 2.06. The third kappa shape index (κ3) is 4.01. The molecular weight excluding hydrogens is 314 g/mol. The van der Waals surface area contributed by atoms with Gasteiger partial charge in [-0.1, -0.05) is 18.2 Å². The maximum Gasteiger partial charge on any atom is 0.335 e. The molecule has 0 aliphatic heterocycles. The van der Waals surface area contributed by atoms with Gasteiger partial charge in [-0.15, -0.1) is 0 Å². The highest BCUT2D eigenvalue weighted by atomic mass is 16.6. The number of carbonyl (C=O) groups is 2. The summed E-state index contributed by atoms with van der Waals surface area (Å²) < 4.78 is 0. The van der Waals surface area contributed by atoms with E-state index in [1.54, 1.807) is 6.92 Å². The van der Waals surface area contributed by atoms with Crippen molar-refractivity contribution in [3.8, 4) is 0 Å². The Morgan fingerprint density at radius 1 is 1.17 bits per heavy atom. The number of nitrogens with one attached hydrogen (secondary N) is 1. The number of carboxylic acid groups (broad SMARTS) is 1. The number of nitrogens with zero attached hydrogens (tertiary/aromatic N) is 2. The Morgan fingerprint density at radius 3 is 2.38 bits per heavy atom. The Labute approximate surface area is 136 Å². The first-order valence-electron chi connectivity index (χ1n) is 6.80. The molecule has 0 saturated carbocycles. The van der Waals surface area contributed by atoms with Gasteiger partial charge in [0.25, 0.3) is 11.6 Å². The minimum Gasteiger partial charge on any atom is -0.478 e. The smallest absolute Gasteiger partial charge is 0.335 e. The highest BCUT2D eigenvalue weighted by molar-refractivity contribution is 5.95. The maximum atomic E-state index is 11.9. The maximum absolute atomic E-state index is 11.9. The van der Waals surface area contributed by atoms with E-state index in [1.165, 1.54) is 48.7 Å². The van der Waals surface area contributed by atoms with Gasteiger partial charge in [0.1, 0.15) is 0 Å². The Kier molecular flexibility index (Phi) is 5.00. The lowest BCUT2D eigenvalue weighted by molar-refractivity contribution is -0.385. The van der Waals surface area contributed by atoms with E-state index < -0.39 is 16.8 Å². The van der Waals surface area contributed by atoms with E-state index in [0.29, 0.717) is 11.1 Å². The number of nitro groups is 1. The molecule has 2 N–H and O–H groups in total. The SMILES string of the molecule is Cc1ccc(C(=O)N/N=C\c2ccc(C(=O)O)cc2)cc1[N+](=O)[O-]. The van der Waals surface area contributed by atoms with Crippen LogP contribution in [0.25, 0.3) is 0 Å². The second kappa shape index (κ2) is 7.14. The van der Waals surface area contributed by atoms with Gasteiger partial charge in [0, 0.05) is 17.2 Å². The van der Waals surface area contributed by atoms with Crippen LogP contribution in [0.15, 0.2) is 47.6 Å². The van der Waals surface area contributed by atoms with Crippen molar-refractivity contribution < 1.29 is 19.6 Å². The molecule has 0 fully saturated rings. The number of hydrogen-bond acceptors (Lipinski definition) is 5. The summed E-state index contributed by atoms with van der Waals surface area (Å²) in [6, 6.07) is 10.0. The van der Waals surface area contributed by atoms with E-state index in [4.69, 9.17) is 5.11 Å². The number of nitro benzene ring substituents is 1. The number of carboxylic acids is 1. The fourth-order valence-electron chi connectivity index (χ4n) is 1.89. The minimum atomic E-state index is -1.03. The van der Waals surface area contributed by atoms with Crippen LogP contribution in [-0.2, 0) is 0 Å². The second-order valence-electron chi connectivity index (χ2n) is 4.88. The van der Waals surface area contributed by atoms with Crippen molar-refractivity contribution >= 4 is 23.8 Å². The Hall–Kier alpha value is -3.55. The number of aryl methyl sites for hydroxylation is 1. The van der Waals surface area contributed by atoms with Crippen molar-refractivity contribution in [3.63, 3.8) is 0 Å². The van der Waals surface area contributed by atoms with Gasteiger partial charge in [-0.05, 0) is 30.7 Å². The third-order valence-electron chi connectivity index (χ3n) is 3.21. The van der Waals surface area contributed by atoms with E-state index >= 15 is 0 Å². The lowest BCUT2D eigenvalue weighted by Crippen LogP contribution is -2.17. The van der Waals surface area contributed by atoms with Crippen LogP contribution >= 0.6 is 0 Å². The molecule has 24 heavy (non-hydrogen) atoms. The molecule has 8 nitrogen and oxygen atoms in total. The molecule has 0 aliphatic rings. The van der Waals surface area contributed by atoms with Gasteiger partial charge in [0.2, 0.25) is 0 Å². The molecule has 0 heterocycles. The summed E-state index contributed by atoms with van der Waals surface area (Å²) in [5, 5.41) is 23.4. The molecule has 0 atom stereocenters. The first kappa shape index (κ1) is 16.8. The molecule has 0 spiro atoms. The predicted octanol–water partition coefficient (Wildman–Crippen LogP) is 2.37. The predicted molar refractivity (Wildman–Crippen MR) is 86.3 cm³/mol. The normalized spacial score (nSPS) is 10.5. The molecule has 0 saturated heterocycles. The molecule has 122 valence electrons. The second-order valence-corrected chi connectivity index (χ2v) is 4.88. The van der Waals surface area contributed by atoms with E-state index in [2.05, 4.69) is 10.5 Å². The van der Waals surface area contributed by atoms with Gasteiger partial charge in [0.15, 0.2) is 0 Å². The average molecular weight is 327 g/mol. The van der Waals surface area contributed by atoms with Crippen LogP contribution in [0.5, 0.6) is 0 Å². The topological polar surface area (TPSA) is 122 Å². The average Bonchev–Trinajstić information content (AvgIpc) is 2.55. The number of hydrogen-bond donors (Lipinski definition) is 2. The zero-order chi connectivity index (χ0) is 17.7. The van der Waals surface area contributed by atoms with Gasteiger partial charge in [0.05, 0.1) is 16.7 Å². The van der Waals surface area contributed by atoms with Crippen molar-refractivity contribution in [3.05, 3.63) is 74.8 Å². The molecular formula is C16H13N3O5. The first-order chi connectivity index (χ1) is 11.4. The first-order valence-corrected chi connectivity index (χ1v) is 6.80. The van der Waals surface area contributed by atoms with Crippen molar-refractivity contribution in [2.24, 2.45) is 5.10 Å². The number of benzene rings is 2. The number of hydrazone groups is 1. The summed E-state index contributed by atoms with van der Waals surface area (Å²) >= 11 is 0. The van der Waals surface area contributed by atoms with Crippen molar-refractivity contribution in [1.29, 1.82) is 0 Å². The zero-order valence-electron chi connectivity index (χ0n) is 12.6. The molecule has 0 radical (unpaired) electrons. The van der Waals surface area contributed by atoms with Crippen LogP contribution in [0.1, 0.15) is 31.8 Å². The summed E-state index contributed by atoms with van der Waals surface area (Å²) in [6.07, 6.45) is 1.34. The summed E-state index contributed by atoms with van der Waals surface area (Å²) in [7, 11) is 0. The summed E-state index contributed by atoms with van der Waals surface area (Å²) in [5.74, 6) is -1.62. The highest BCUT2D eigenvalue weighted by Crippen LogP contribution is 2.19. The molecule has 0 aromatic heterocycles. The standard InChI is InChI=1S/C16H13N3O5/c1-10-2-5-13(8-14(10)19(23)24)15(20)18-17-9-11-3-6-12(7-4-11)16(21)22/h2-9H,1H3,(H,18,20)(H,21,22)/b17-9-. The number of aromatic carboxylic acids is 1. The Morgan fingerprint density at radius 2 is 1.79 bits per heavy atom. The largest absolute Gasteiger partial charge is 0.478 e. The van der Waals surface area contributed by atoms with E-state index in [1.807, 2.05) is 0 Å². The van der Waals surface area contributed by atoms with Crippen LogP contribution in [0, 0.1) is 17.0 Å². The molecule has 0 aliphatic carbocycles. The van der Waals surface area contributed by atoms with Crippen LogP contribution in [0.3, 0.4) is 0 Å². The van der Waals surface area contributed by atoms with Crippen LogP contribution in [-0.4, -0.2) is 28.1 Å². The fraction of sp³-hybridized carbons (Fsp3) is 0.0625. The van der Waals surface area contributed by atoms with E-state index in [-0.39, 0.29) is 16.8 Å². The fourth-order valence-corrected chi connectivity index (χ4v) is 1.89. The summed E-state index contributed by atoms with van der Waals surface area (Å²) in [5.41, 5.74) is 3.43. The lowest BCUT2D eigenvalue weighted by Gasteiger charge is -2.02. The van der Waals surface area contributed by atoms with Crippen LogP contribution in [0.4, 0.5) is 5.69 Å². The van der Waals surface area contributed by atoms with Crippen LogP contribution in [0.2, 0.25) is 0 Å². The number of carbonyl (C=O) groups excluding carboxylic acids is 1. The molecule has 2 rings (SSSR count). The van der Waals surface area contributed by atoms with Gasteiger partial charge >= 0.3 is 5.97 Å². The molecule has 2 aromatic rings. The quantitative estimate of drug-likeness (QED) is 0.496. The molecule has 0 bridgehead atoms. The van der Waals surface area contributed by atoms with Crippen LogP contribution < -0.4 is 5.43 Å². The van der Waals surface area contributed by atoms with Crippen molar-refractivity contribution in [1.82, 2.24) is 5.43 Å². The summed E-state index contributed by atoms with van der Waals surface area (Å²) in [4.78, 5) is 33.0. The van der Waals surface area contributed by atoms with Gasteiger partial charge in [-0.3, -0.25) is 14.9 Å². The third-order valence-corrected chi connectivity index (χ3v) is 3.21. The van der Waals surface area contributed by atoms with E-state index in [9.17, 15) is 19.7 Å². The van der Waals surface area contributed by atoms with Gasteiger partial charge in [-0.2, -0.15) is 5.10 Å².